The molecule has 3 N–H and O–H groups in total. The predicted octanol–water partition coefficient (Wildman–Crippen LogP) is 3.59. The van der Waals surface area contributed by atoms with Crippen LogP contribution < -0.4 is 20.6 Å². The molecule has 1 amide bonds. The SMILES string of the molecule is CCOc1c(Br)cc(C(=O)N/N=C(/C)c2ccc(N)cc2)cc1OC. The number of halogens is 1. The van der Waals surface area contributed by atoms with Crippen LogP contribution in [0.2, 0.25) is 0 Å². The van der Waals surface area contributed by atoms with E-state index in [4.69, 9.17) is 15.2 Å². The average Bonchev–Trinajstić information content (AvgIpc) is 2.61. The van der Waals surface area contributed by atoms with E-state index in [9.17, 15) is 4.79 Å². The van der Waals surface area contributed by atoms with Gasteiger partial charge in [0, 0.05) is 11.3 Å². The minimum atomic E-state index is -0.350. The largest absolute Gasteiger partial charge is 0.493 e. The number of hydrogen-bond acceptors (Lipinski definition) is 5. The van der Waals surface area contributed by atoms with Crippen LogP contribution in [0.5, 0.6) is 11.5 Å². The molecule has 0 atom stereocenters. The normalized spacial score (nSPS) is 11.1. The molecular weight excluding hydrogens is 386 g/mol. The van der Waals surface area contributed by atoms with Crippen LogP contribution in [0.3, 0.4) is 0 Å². The third-order valence-electron chi connectivity index (χ3n) is 3.43. The van der Waals surface area contributed by atoms with E-state index in [1.807, 2.05) is 19.1 Å². The summed E-state index contributed by atoms with van der Waals surface area (Å²) in [5.41, 5.74) is 10.8. The summed E-state index contributed by atoms with van der Waals surface area (Å²) < 4.78 is 11.4. The third-order valence-corrected chi connectivity index (χ3v) is 4.02. The molecule has 2 rings (SSSR count). The number of nitrogens with two attached hydrogens (primary N) is 1. The minimum Gasteiger partial charge on any atom is -0.493 e. The van der Waals surface area contributed by atoms with Gasteiger partial charge < -0.3 is 15.2 Å². The van der Waals surface area contributed by atoms with Crippen molar-refractivity contribution in [3.8, 4) is 11.5 Å². The first-order valence-corrected chi connectivity index (χ1v) is 8.46. The Morgan fingerprint density at radius 3 is 2.52 bits per heavy atom. The first-order chi connectivity index (χ1) is 12.0. The van der Waals surface area contributed by atoms with E-state index in [0.717, 1.165) is 5.56 Å². The highest BCUT2D eigenvalue weighted by Gasteiger charge is 2.15. The maximum Gasteiger partial charge on any atom is 0.271 e. The minimum absolute atomic E-state index is 0.350. The molecule has 0 fully saturated rings. The van der Waals surface area contributed by atoms with Gasteiger partial charge in [-0.25, -0.2) is 5.43 Å². The molecule has 0 unspecified atom stereocenters. The lowest BCUT2D eigenvalue weighted by molar-refractivity contribution is 0.0954. The van der Waals surface area contributed by atoms with Crippen LogP contribution in [-0.2, 0) is 0 Å². The zero-order chi connectivity index (χ0) is 18.4. The van der Waals surface area contributed by atoms with E-state index >= 15 is 0 Å². The molecule has 0 saturated heterocycles. The Kier molecular flexibility index (Phi) is 6.41. The Bertz CT molecular complexity index is 789. The Balaban J connectivity index is 2.19. The van der Waals surface area contributed by atoms with Crippen LogP contribution >= 0.6 is 15.9 Å². The van der Waals surface area contributed by atoms with Crippen LogP contribution in [0.15, 0.2) is 46.0 Å². The lowest BCUT2D eigenvalue weighted by Crippen LogP contribution is -2.19. The molecule has 25 heavy (non-hydrogen) atoms. The van der Waals surface area contributed by atoms with Crippen molar-refractivity contribution in [1.82, 2.24) is 5.43 Å². The summed E-state index contributed by atoms with van der Waals surface area (Å²) in [7, 11) is 1.52. The highest BCUT2D eigenvalue weighted by Crippen LogP contribution is 2.36. The first-order valence-electron chi connectivity index (χ1n) is 7.67. The van der Waals surface area contributed by atoms with Crippen LogP contribution in [-0.4, -0.2) is 25.3 Å². The van der Waals surface area contributed by atoms with Gasteiger partial charge >= 0.3 is 0 Å². The number of carbonyl (C=O) groups is 1. The van der Waals surface area contributed by atoms with Gasteiger partial charge in [0.2, 0.25) is 0 Å². The number of anilines is 1. The number of nitrogens with zero attached hydrogens (tertiary/aromatic N) is 1. The number of benzene rings is 2. The summed E-state index contributed by atoms with van der Waals surface area (Å²) in [6.45, 7) is 4.17. The number of nitrogens with one attached hydrogen (secondary N) is 1. The summed E-state index contributed by atoms with van der Waals surface area (Å²) in [6, 6.07) is 10.5. The van der Waals surface area contributed by atoms with Crippen molar-refractivity contribution in [2.45, 2.75) is 13.8 Å². The number of methoxy groups -OCH3 is 1. The van der Waals surface area contributed by atoms with Gasteiger partial charge in [0.15, 0.2) is 11.5 Å². The molecule has 0 bridgehead atoms. The number of amides is 1. The van der Waals surface area contributed by atoms with Crippen LogP contribution in [0.1, 0.15) is 29.8 Å². The van der Waals surface area contributed by atoms with E-state index < -0.39 is 0 Å². The van der Waals surface area contributed by atoms with E-state index in [2.05, 4.69) is 26.5 Å². The molecule has 2 aromatic rings. The van der Waals surface area contributed by atoms with E-state index in [0.29, 0.717) is 39.5 Å². The van der Waals surface area contributed by atoms with Crippen molar-refractivity contribution in [3.63, 3.8) is 0 Å². The zero-order valence-electron chi connectivity index (χ0n) is 14.3. The molecule has 0 aliphatic carbocycles. The number of nitrogen functional groups attached to an aromatic ring is 1. The van der Waals surface area contributed by atoms with Gasteiger partial charge in [-0.15, -0.1) is 0 Å². The van der Waals surface area contributed by atoms with Gasteiger partial charge in [-0.2, -0.15) is 5.10 Å². The fraction of sp³-hybridized carbons (Fsp3) is 0.222. The summed E-state index contributed by atoms with van der Waals surface area (Å²) in [5, 5.41) is 4.13. The van der Waals surface area contributed by atoms with Crippen molar-refractivity contribution >= 4 is 33.2 Å². The molecule has 0 radical (unpaired) electrons. The third kappa shape index (κ3) is 4.73. The number of rotatable bonds is 6. The maximum atomic E-state index is 12.4. The second kappa shape index (κ2) is 8.53. The molecule has 0 aliphatic rings. The number of hydrogen-bond donors (Lipinski definition) is 2. The first kappa shape index (κ1) is 18.8. The molecule has 7 heteroatoms. The Morgan fingerprint density at radius 1 is 1.24 bits per heavy atom. The molecule has 0 aromatic heterocycles. The van der Waals surface area contributed by atoms with E-state index in [1.165, 1.54) is 7.11 Å². The fourth-order valence-corrected chi connectivity index (χ4v) is 2.68. The lowest BCUT2D eigenvalue weighted by atomic mass is 10.1. The number of hydrazone groups is 1. The highest BCUT2D eigenvalue weighted by molar-refractivity contribution is 9.10. The van der Waals surface area contributed by atoms with Crippen molar-refractivity contribution in [1.29, 1.82) is 0 Å². The Morgan fingerprint density at radius 2 is 1.92 bits per heavy atom. The second-order valence-electron chi connectivity index (χ2n) is 5.18. The van der Waals surface area contributed by atoms with Crippen molar-refractivity contribution < 1.29 is 14.3 Å². The van der Waals surface area contributed by atoms with Gasteiger partial charge in [-0.05, 0) is 59.6 Å². The topological polar surface area (TPSA) is 85.9 Å². The maximum absolute atomic E-state index is 12.4. The predicted molar refractivity (Wildman–Crippen MR) is 102 cm³/mol. The Hall–Kier alpha value is -2.54. The summed E-state index contributed by atoms with van der Waals surface area (Å²) in [5.74, 6) is 0.681. The molecule has 6 nitrogen and oxygen atoms in total. The zero-order valence-corrected chi connectivity index (χ0v) is 15.9. The number of carbonyl (C=O) groups excluding carboxylic acids is 1. The fourth-order valence-electron chi connectivity index (χ4n) is 2.12. The molecule has 0 heterocycles. The highest BCUT2D eigenvalue weighted by atomic mass is 79.9. The van der Waals surface area contributed by atoms with Gasteiger partial charge in [0.25, 0.3) is 5.91 Å². The van der Waals surface area contributed by atoms with Gasteiger partial charge in [0.1, 0.15) is 0 Å². The van der Waals surface area contributed by atoms with Crippen LogP contribution in [0, 0.1) is 0 Å². The Labute approximate surface area is 155 Å². The monoisotopic (exact) mass is 405 g/mol. The number of ether oxygens (including phenoxy) is 2. The quantitative estimate of drug-likeness (QED) is 0.436. The average molecular weight is 406 g/mol. The summed E-state index contributed by atoms with van der Waals surface area (Å²) in [6.07, 6.45) is 0. The molecule has 2 aromatic carbocycles. The summed E-state index contributed by atoms with van der Waals surface area (Å²) in [4.78, 5) is 12.4. The summed E-state index contributed by atoms with van der Waals surface area (Å²) >= 11 is 3.40. The standard InChI is InChI=1S/C18H20BrN3O3/c1-4-25-17-15(19)9-13(10-16(17)24-3)18(23)22-21-11(2)12-5-7-14(20)8-6-12/h5-10H,4,20H2,1-3H3,(H,22,23)/b21-11-. The van der Waals surface area contributed by atoms with Crippen molar-refractivity contribution in [3.05, 3.63) is 52.0 Å². The lowest BCUT2D eigenvalue weighted by Gasteiger charge is -2.12. The molecule has 132 valence electrons. The van der Waals surface area contributed by atoms with Crippen molar-refractivity contribution in [2.75, 3.05) is 19.5 Å². The molecule has 0 spiro atoms. The van der Waals surface area contributed by atoms with Crippen molar-refractivity contribution in [2.24, 2.45) is 5.10 Å². The van der Waals surface area contributed by atoms with Crippen LogP contribution in [0.4, 0.5) is 5.69 Å². The van der Waals surface area contributed by atoms with E-state index in [-0.39, 0.29) is 5.91 Å². The molecular formula is C18H20BrN3O3. The van der Waals surface area contributed by atoms with Gasteiger partial charge in [-0.1, -0.05) is 12.1 Å². The molecule has 0 aliphatic heterocycles. The second-order valence-corrected chi connectivity index (χ2v) is 6.04. The van der Waals surface area contributed by atoms with E-state index in [1.54, 1.807) is 31.2 Å². The van der Waals surface area contributed by atoms with Crippen LogP contribution in [0.25, 0.3) is 0 Å². The molecule has 0 saturated carbocycles. The smallest absolute Gasteiger partial charge is 0.271 e. The van der Waals surface area contributed by atoms with Gasteiger partial charge in [-0.3, -0.25) is 4.79 Å². The van der Waals surface area contributed by atoms with Gasteiger partial charge in [0.05, 0.1) is 23.9 Å².